The van der Waals surface area contributed by atoms with E-state index in [0.717, 1.165) is 32.4 Å². The summed E-state index contributed by atoms with van der Waals surface area (Å²) in [5, 5.41) is 3.27. The van der Waals surface area contributed by atoms with E-state index in [4.69, 9.17) is 0 Å². The van der Waals surface area contributed by atoms with E-state index < -0.39 is 0 Å². The summed E-state index contributed by atoms with van der Waals surface area (Å²) < 4.78 is 0. The molecule has 2 aliphatic rings. The Labute approximate surface area is 128 Å². The lowest BCUT2D eigenvalue weighted by Crippen LogP contribution is -2.44. The maximum Gasteiger partial charge on any atom is 0.242 e. The van der Waals surface area contributed by atoms with Gasteiger partial charge in [-0.1, -0.05) is 19.3 Å². The average Bonchev–Trinajstić information content (AvgIpc) is 3.00. The van der Waals surface area contributed by atoms with Crippen LogP contribution in [0.25, 0.3) is 0 Å². The molecule has 21 heavy (non-hydrogen) atoms. The summed E-state index contributed by atoms with van der Waals surface area (Å²) in [7, 11) is 3.63. The quantitative estimate of drug-likeness (QED) is 0.830. The molecule has 0 bridgehead atoms. The van der Waals surface area contributed by atoms with Gasteiger partial charge in [0.25, 0.3) is 0 Å². The fourth-order valence-electron chi connectivity index (χ4n) is 3.37. The highest BCUT2D eigenvalue weighted by molar-refractivity contribution is 5.84. The molecule has 1 saturated carbocycles. The molecule has 1 heterocycles. The van der Waals surface area contributed by atoms with Crippen LogP contribution in [0.1, 0.15) is 44.9 Å². The number of amides is 2. The first-order chi connectivity index (χ1) is 10.1. The highest BCUT2D eigenvalue weighted by Crippen LogP contribution is 2.21. The van der Waals surface area contributed by atoms with Gasteiger partial charge in [0.15, 0.2) is 0 Å². The van der Waals surface area contributed by atoms with Gasteiger partial charge in [0.05, 0.1) is 6.54 Å². The molecule has 1 saturated heterocycles. The first-order valence-electron chi connectivity index (χ1n) is 8.28. The third kappa shape index (κ3) is 4.70. The molecule has 0 spiro atoms. The highest BCUT2D eigenvalue weighted by Gasteiger charge is 2.25. The maximum atomic E-state index is 12.3. The van der Waals surface area contributed by atoms with Crippen molar-refractivity contribution in [2.75, 3.05) is 33.7 Å². The van der Waals surface area contributed by atoms with E-state index in [2.05, 4.69) is 5.32 Å². The minimum absolute atomic E-state index is 0.0716. The molecular formula is C16H29N3O2. The van der Waals surface area contributed by atoms with Gasteiger partial charge in [0.2, 0.25) is 11.8 Å². The van der Waals surface area contributed by atoms with Crippen LogP contribution in [0.5, 0.6) is 0 Å². The normalized spacial score (nSPS) is 23.0. The zero-order valence-corrected chi connectivity index (χ0v) is 13.4. The average molecular weight is 295 g/mol. The number of nitrogens with one attached hydrogen (secondary N) is 1. The zero-order valence-electron chi connectivity index (χ0n) is 13.4. The number of likely N-dealkylation sites (N-methyl/N-ethyl adjacent to an activating group) is 2. The van der Waals surface area contributed by atoms with Crippen molar-refractivity contribution in [1.82, 2.24) is 15.1 Å². The fraction of sp³-hybridized carbons (Fsp3) is 0.875. The van der Waals surface area contributed by atoms with Gasteiger partial charge in [0.1, 0.15) is 0 Å². The van der Waals surface area contributed by atoms with Crippen molar-refractivity contribution in [3.05, 3.63) is 0 Å². The number of hydrogen-bond acceptors (Lipinski definition) is 3. The second kappa shape index (κ2) is 7.78. The molecule has 0 aromatic heterocycles. The summed E-state index contributed by atoms with van der Waals surface area (Å²) in [5.41, 5.74) is 0. The Kier molecular flexibility index (Phi) is 6.03. The van der Waals surface area contributed by atoms with Crippen LogP contribution < -0.4 is 5.32 Å². The molecule has 1 unspecified atom stereocenters. The molecule has 2 amide bonds. The van der Waals surface area contributed by atoms with Crippen LogP contribution in [0.15, 0.2) is 0 Å². The predicted molar refractivity (Wildman–Crippen MR) is 82.9 cm³/mol. The van der Waals surface area contributed by atoms with Crippen LogP contribution in [-0.2, 0) is 9.59 Å². The molecule has 120 valence electrons. The molecular weight excluding hydrogens is 266 g/mol. The molecule has 0 aromatic carbocycles. The Balaban J connectivity index is 1.75. The van der Waals surface area contributed by atoms with E-state index in [9.17, 15) is 9.59 Å². The third-order valence-corrected chi connectivity index (χ3v) is 4.94. The fourth-order valence-corrected chi connectivity index (χ4v) is 3.37. The lowest BCUT2D eigenvalue weighted by Gasteiger charge is -2.32. The molecule has 2 fully saturated rings. The monoisotopic (exact) mass is 295 g/mol. The van der Waals surface area contributed by atoms with E-state index in [1.165, 1.54) is 19.3 Å². The van der Waals surface area contributed by atoms with Crippen molar-refractivity contribution in [2.24, 2.45) is 5.92 Å². The summed E-state index contributed by atoms with van der Waals surface area (Å²) in [6.07, 6.45) is 7.55. The second-order valence-corrected chi connectivity index (χ2v) is 6.61. The number of nitrogens with zero attached hydrogens (tertiary/aromatic N) is 2. The Bertz CT molecular complexity index is 361. The summed E-state index contributed by atoms with van der Waals surface area (Å²) in [6, 6.07) is 0.369. The number of carbonyl (C=O) groups excluding carboxylic acids is 2. The van der Waals surface area contributed by atoms with E-state index in [1.807, 2.05) is 11.9 Å². The smallest absolute Gasteiger partial charge is 0.242 e. The zero-order chi connectivity index (χ0) is 15.2. The minimum Gasteiger partial charge on any atom is -0.341 e. The molecule has 2 rings (SSSR count). The second-order valence-electron chi connectivity index (χ2n) is 6.61. The van der Waals surface area contributed by atoms with Crippen molar-refractivity contribution >= 4 is 11.8 Å². The first-order valence-corrected chi connectivity index (χ1v) is 8.28. The highest BCUT2D eigenvalue weighted by atomic mass is 16.2. The van der Waals surface area contributed by atoms with Gasteiger partial charge in [-0.05, 0) is 38.3 Å². The molecule has 5 heteroatoms. The Morgan fingerprint density at radius 1 is 1.05 bits per heavy atom. The van der Waals surface area contributed by atoms with Gasteiger partial charge in [-0.3, -0.25) is 9.59 Å². The summed E-state index contributed by atoms with van der Waals surface area (Å²) in [6.45, 7) is 2.15. The van der Waals surface area contributed by atoms with Gasteiger partial charge in [0, 0.05) is 26.6 Å². The molecule has 1 N–H and O–H groups in total. The van der Waals surface area contributed by atoms with Crippen molar-refractivity contribution in [3.8, 4) is 0 Å². The van der Waals surface area contributed by atoms with E-state index in [1.54, 1.807) is 11.9 Å². The van der Waals surface area contributed by atoms with Crippen molar-refractivity contribution in [3.63, 3.8) is 0 Å². The molecule has 1 aliphatic carbocycles. The number of hydrogen-bond donors (Lipinski definition) is 1. The Hall–Kier alpha value is -1.10. The van der Waals surface area contributed by atoms with Gasteiger partial charge < -0.3 is 15.1 Å². The van der Waals surface area contributed by atoms with Crippen LogP contribution >= 0.6 is 0 Å². The molecule has 1 aliphatic heterocycles. The van der Waals surface area contributed by atoms with Crippen molar-refractivity contribution in [2.45, 2.75) is 51.0 Å². The SMILES string of the molecule is CN(CC(=O)N(C)C1CCCCC1)C(=O)CC1CCNC1. The third-order valence-electron chi connectivity index (χ3n) is 4.94. The summed E-state index contributed by atoms with van der Waals surface area (Å²) >= 11 is 0. The summed E-state index contributed by atoms with van der Waals surface area (Å²) in [4.78, 5) is 27.9. The number of rotatable bonds is 5. The summed E-state index contributed by atoms with van der Waals surface area (Å²) in [5.74, 6) is 0.600. The van der Waals surface area contributed by atoms with Crippen LogP contribution in [0.2, 0.25) is 0 Å². The maximum absolute atomic E-state index is 12.3. The van der Waals surface area contributed by atoms with Gasteiger partial charge >= 0.3 is 0 Å². The van der Waals surface area contributed by atoms with E-state index >= 15 is 0 Å². The molecule has 0 radical (unpaired) electrons. The van der Waals surface area contributed by atoms with Crippen LogP contribution in [0.3, 0.4) is 0 Å². The molecule has 1 atom stereocenters. The van der Waals surface area contributed by atoms with Gasteiger partial charge in [-0.2, -0.15) is 0 Å². The van der Waals surface area contributed by atoms with E-state index in [0.29, 0.717) is 18.4 Å². The van der Waals surface area contributed by atoms with Crippen LogP contribution in [0, 0.1) is 5.92 Å². The molecule has 5 nitrogen and oxygen atoms in total. The predicted octanol–water partition coefficient (Wildman–Crippen LogP) is 1.24. The largest absolute Gasteiger partial charge is 0.341 e. The van der Waals surface area contributed by atoms with Crippen LogP contribution in [-0.4, -0.2) is 61.4 Å². The van der Waals surface area contributed by atoms with E-state index in [-0.39, 0.29) is 18.4 Å². The first kappa shape index (κ1) is 16.3. The van der Waals surface area contributed by atoms with Crippen molar-refractivity contribution < 1.29 is 9.59 Å². The van der Waals surface area contributed by atoms with Gasteiger partial charge in [-0.25, -0.2) is 0 Å². The Morgan fingerprint density at radius 3 is 2.38 bits per heavy atom. The Morgan fingerprint density at radius 2 is 1.76 bits per heavy atom. The molecule has 0 aromatic rings. The number of carbonyl (C=O) groups is 2. The minimum atomic E-state index is 0.0716. The lowest BCUT2D eigenvalue weighted by atomic mass is 9.94. The van der Waals surface area contributed by atoms with Gasteiger partial charge in [-0.15, -0.1) is 0 Å². The van der Waals surface area contributed by atoms with Crippen LogP contribution in [0.4, 0.5) is 0 Å². The van der Waals surface area contributed by atoms with Crippen molar-refractivity contribution in [1.29, 1.82) is 0 Å². The standard InChI is InChI=1S/C16H29N3O2/c1-18(15(20)10-13-8-9-17-11-13)12-16(21)19(2)14-6-4-3-5-7-14/h13-14,17H,3-12H2,1-2H3. The lowest BCUT2D eigenvalue weighted by molar-refractivity contribution is -0.140. The topological polar surface area (TPSA) is 52.7 Å².